The number of nitrogens with two attached hydrogens (primary N) is 1. The summed E-state index contributed by atoms with van der Waals surface area (Å²) in [6.07, 6.45) is 0.806. The van der Waals surface area contributed by atoms with Crippen LogP contribution in [0.2, 0.25) is 10.0 Å². The molecule has 0 heterocycles. The molecule has 3 aromatic rings. The molecular weight excluding hydrogens is 551 g/mol. The van der Waals surface area contributed by atoms with Crippen LogP contribution in [0, 0.1) is 6.92 Å². The first-order chi connectivity index (χ1) is 15.5. The second-order valence-corrected chi connectivity index (χ2v) is 10.6. The molecule has 33 heavy (non-hydrogen) atoms. The number of hydrogen-bond acceptors (Lipinski definition) is 4. The van der Waals surface area contributed by atoms with Gasteiger partial charge in [-0.3, -0.25) is 4.79 Å². The highest BCUT2D eigenvalue weighted by molar-refractivity contribution is 9.10. The molecule has 174 valence electrons. The van der Waals surface area contributed by atoms with Crippen molar-refractivity contribution in [2.75, 3.05) is 5.32 Å². The number of aryl methyl sites for hydroxylation is 2. The molecule has 0 spiro atoms. The van der Waals surface area contributed by atoms with Crippen LogP contribution < -0.4 is 15.2 Å². The van der Waals surface area contributed by atoms with Gasteiger partial charge >= 0.3 is 0 Å². The number of hydrogen-bond donors (Lipinski definition) is 2. The van der Waals surface area contributed by atoms with Crippen LogP contribution in [0.5, 0.6) is 11.5 Å². The normalized spacial score (nSPS) is 11.3. The predicted octanol–water partition coefficient (Wildman–Crippen LogP) is 6.25. The molecule has 3 N–H and O–H groups in total. The standard InChI is InChI=1S/C23H21BrCl2N2O4S/c1-3-15-5-4-14(9-20(15)32-21-12-16(25)11-18(24)23(21)26)10-22(29)28-19-7-6-17(8-13(19)2)33(27,30)31/h4-9,11-12H,3,10H2,1-2H3,(H,28,29)(H2,27,30,31). The van der Waals surface area contributed by atoms with E-state index in [1.165, 1.54) is 18.2 Å². The highest BCUT2D eigenvalue weighted by atomic mass is 79.9. The van der Waals surface area contributed by atoms with E-state index in [-0.39, 0.29) is 17.2 Å². The Labute approximate surface area is 211 Å². The smallest absolute Gasteiger partial charge is 0.238 e. The first-order valence-corrected chi connectivity index (χ1v) is 12.9. The number of amides is 1. The van der Waals surface area contributed by atoms with Gasteiger partial charge in [0, 0.05) is 21.2 Å². The molecule has 6 nitrogen and oxygen atoms in total. The Hall–Kier alpha value is -2.10. The van der Waals surface area contributed by atoms with E-state index < -0.39 is 10.0 Å². The number of carbonyl (C=O) groups excluding carboxylic acids is 1. The minimum absolute atomic E-state index is 0.0127. The maximum absolute atomic E-state index is 12.6. The van der Waals surface area contributed by atoms with Gasteiger partial charge in [0.1, 0.15) is 11.5 Å². The van der Waals surface area contributed by atoms with Gasteiger partial charge in [0.2, 0.25) is 15.9 Å². The van der Waals surface area contributed by atoms with Crippen molar-refractivity contribution < 1.29 is 17.9 Å². The summed E-state index contributed by atoms with van der Waals surface area (Å²) < 4.78 is 29.7. The fourth-order valence-electron chi connectivity index (χ4n) is 3.15. The van der Waals surface area contributed by atoms with Gasteiger partial charge in [0.25, 0.3) is 0 Å². The molecule has 0 bridgehead atoms. The van der Waals surface area contributed by atoms with Crippen molar-refractivity contribution in [1.82, 2.24) is 0 Å². The molecule has 0 unspecified atom stereocenters. The summed E-state index contributed by atoms with van der Waals surface area (Å²) in [7, 11) is -3.81. The Kier molecular flexibility index (Phi) is 8.08. The molecule has 0 fully saturated rings. The number of benzene rings is 3. The zero-order valence-electron chi connectivity index (χ0n) is 17.8. The molecule has 0 saturated carbocycles. The molecule has 10 heteroatoms. The molecule has 3 aromatic carbocycles. The summed E-state index contributed by atoms with van der Waals surface area (Å²) in [6.45, 7) is 3.69. The van der Waals surface area contributed by atoms with Gasteiger partial charge in [-0.05, 0) is 76.3 Å². The number of ether oxygens (including phenoxy) is 1. The van der Waals surface area contributed by atoms with Crippen molar-refractivity contribution >= 4 is 60.7 Å². The Morgan fingerprint density at radius 3 is 2.45 bits per heavy atom. The van der Waals surface area contributed by atoms with Crippen molar-refractivity contribution in [2.24, 2.45) is 5.14 Å². The van der Waals surface area contributed by atoms with Gasteiger partial charge in [-0.2, -0.15) is 0 Å². The van der Waals surface area contributed by atoms with Gasteiger partial charge in [0.15, 0.2) is 0 Å². The van der Waals surface area contributed by atoms with E-state index in [1.807, 2.05) is 19.1 Å². The number of primary sulfonamides is 1. The van der Waals surface area contributed by atoms with Crippen LogP contribution >= 0.6 is 39.1 Å². The third kappa shape index (κ3) is 6.49. The van der Waals surface area contributed by atoms with Crippen LogP contribution in [0.1, 0.15) is 23.6 Å². The highest BCUT2D eigenvalue weighted by Crippen LogP contribution is 2.39. The maximum atomic E-state index is 12.6. The second kappa shape index (κ2) is 10.4. The molecule has 0 aliphatic carbocycles. The molecule has 3 rings (SSSR count). The number of carbonyl (C=O) groups is 1. The lowest BCUT2D eigenvalue weighted by Gasteiger charge is -2.14. The molecule has 0 aliphatic rings. The average Bonchev–Trinajstić information content (AvgIpc) is 2.72. The summed E-state index contributed by atoms with van der Waals surface area (Å²) in [5.41, 5.74) is 2.77. The van der Waals surface area contributed by atoms with Crippen LogP contribution in [-0.2, 0) is 27.7 Å². The third-order valence-corrected chi connectivity index (χ3v) is 7.23. The van der Waals surface area contributed by atoms with E-state index in [9.17, 15) is 13.2 Å². The van der Waals surface area contributed by atoms with E-state index in [2.05, 4.69) is 21.2 Å². The van der Waals surface area contributed by atoms with Gasteiger partial charge in [-0.1, -0.05) is 42.3 Å². The van der Waals surface area contributed by atoms with Crippen molar-refractivity contribution in [3.63, 3.8) is 0 Å². The Morgan fingerprint density at radius 1 is 1.09 bits per heavy atom. The summed E-state index contributed by atoms with van der Waals surface area (Å²) >= 11 is 15.8. The third-order valence-electron chi connectivity index (χ3n) is 4.86. The quantitative estimate of drug-likeness (QED) is 0.327. The number of halogens is 3. The zero-order chi connectivity index (χ0) is 24.3. The molecule has 0 atom stereocenters. The van der Waals surface area contributed by atoms with E-state index >= 15 is 0 Å². The van der Waals surface area contributed by atoms with E-state index in [0.717, 1.165) is 17.5 Å². The Balaban J connectivity index is 1.80. The van der Waals surface area contributed by atoms with Gasteiger partial charge in [-0.25, -0.2) is 13.6 Å². The fraction of sp³-hybridized carbons (Fsp3) is 0.174. The van der Waals surface area contributed by atoms with E-state index in [1.54, 1.807) is 25.1 Å². The number of nitrogens with one attached hydrogen (secondary N) is 1. The van der Waals surface area contributed by atoms with Crippen LogP contribution in [0.3, 0.4) is 0 Å². The average molecular weight is 572 g/mol. The van der Waals surface area contributed by atoms with Crippen molar-refractivity contribution in [2.45, 2.75) is 31.6 Å². The van der Waals surface area contributed by atoms with E-state index in [4.69, 9.17) is 33.1 Å². The summed E-state index contributed by atoms with van der Waals surface area (Å²) in [6, 6.07) is 13.1. The zero-order valence-corrected chi connectivity index (χ0v) is 21.7. The van der Waals surface area contributed by atoms with Crippen LogP contribution in [0.25, 0.3) is 0 Å². The molecule has 0 aliphatic heterocycles. The van der Waals surface area contributed by atoms with Crippen molar-refractivity contribution in [1.29, 1.82) is 0 Å². The molecule has 0 radical (unpaired) electrons. The molecular formula is C23H21BrCl2N2O4S. The molecule has 1 amide bonds. The van der Waals surface area contributed by atoms with Crippen molar-refractivity contribution in [3.05, 3.63) is 79.7 Å². The van der Waals surface area contributed by atoms with Gasteiger partial charge in [-0.15, -0.1) is 0 Å². The second-order valence-electron chi connectivity index (χ2n) is 7.34. The van der Waals surface area contributed by atoms with Gasteiger partial charge < -0.3 is 10.1 Å². The Morgan fingerprint density at radius 2 is 1.82 bits per heavy atom. The minimum atomic E-state index is -3.81. The topological polar surface area (TPSA) is 98.5 Å². The van der Waals surface area contributed by atoms with Crippen LogP contribution in [-0.4, -0.2) is 14.3 Å². The first-order valence-electron chi connectivity index (χ1n) is 9.85. The number of anilines is 1. The lowest BCUT2D eigenvalue weighted by Crippen LogP contribution is -2.16. The SMILES string of the molecule is CCc1ccc(CC(=O)Nc2ccc(S(N)(=O)=O)cc2C)cc1Oc1cc(Cl)cc(Br)c1Cl. The van der Waals surface area contributed by atoms with Crippen LogP contribution in [0.4, 0.5) is 5.69 Å². The fourth-order valence-corrected chi connectivity index (χ4v) is 4.68. The predicted molar refractivity (Wildman–Crippen MR) is 135 cm³/mol. The number of sulfonamides is 1. The number of rotatable bonds is 7. The maximum Gasteiger partial charge on any atom is 0.238 e. The summed E-state index contributed by atoms with van der Waals surface area (Å²) in [4.78, 5) is 12.6. The minimum Gasteiger partial charge on any atom is -0.455 e. The largest absolute Gasteiger partial charge is 0.455 e. The molecule has 0 aromatic heterocycles. The molecule has 0 saturated heterocycles. The lowest BCUT2D eigenvalue weighted by atomic mass is 10.1. The van der Waals surface area contributed by atoms with Crippen molar-refractivity contribution in [3.8, 4) is 11.5 Å². The van der Waals surface area contributed by atoms with Gasteiger partial charge in [0.05, 0.1) is 16.3 Å². The first kappa shape index (κ1) is 25.5. The van der Waals surface area contributed by atoms with E-state index in [0.29, 0.717) is 37.3 Å². The summed E-state index contributed by atoms with van der Waals surface area (Å²) in [5, 5.41) is 8.81. The highest BCUT2D eigenvalue weighted by Gasteiger charge is 2.15. The summed E-state index contributed by atoms with van der Waals surface area (Å²) in [5.74, 6) is 0.714. The van der Waals surface area contributed by atoms with Crippen LogP contribution in [0.15, 0.2) is 57.9 Å². The lowest BCUT2D eigenvalue weighted by molar-refractivity contribution is -0.115. The monoisotopic (exact) mass is 570 g/mol. The Bertz CT molecular complexity index is 1330.